The minimum absolute atomic E-state index is 0.282. The van der Waals surface area contributed by atoms with Gasteiger partial charge in [0, 0.05) is 11.4 Å². The summed E-state index contributed by atoms with van der Waals surface area (Å²) in [4.78, 5) is 4.36. The summed E-state index contributed by atoms with van der Waals surface area (Å²) in [6, 6.07) is 5.13. The first-order chi connectivity index (χ1) is 8.70. The molecule has 92 valence electrons. The average Bonchev–Trinajstić information content (AvgIpc) is 2.96. The lowest BCUT2D eigenvalue weighted by Crippen LogP contribution is -1.97. The lowest BCUT2D eigenvalue weighted by Gasteiger charge is -2.05. The highest BCUT2D eigenvalue weighted by atomic mass is 79.9. The highest BCUT2D eigenvalue weighted by molar-refractivity contribution is 9.10. The Kier molecular flexibility index (Phi) is 3.13. The van der Waals surface area contributed by atoms with Gasteiger partial charge in [-0.05, 0) is 33.4 Å². The van der Waals surface area contributed by atoms with E-state index in [0.717, 1.165) is 11.2 Å². The highest BCUT2D eigenvalue weighted by Gasteiger charge is 2.14. The molecule has 0 saturated heterocycles. The molecule has 0 amide bonds. The lowest BCUT2D eigenvalue weighted by molar-refractivity contribution is 0.623. The fraction of sp³-hybridized carbons (Fsp3) is 0.0833. The molecule has 2 aromatic heterocycles. The summed E-state index contributed by atoms with van der Waals surface area (Å²) in [6.07, 6.45) is 0. The van der Waals surface area contributed by atoms with Crippen LogP contribution in [0.4, 0.5) is 4.39 Å². The summed E-state index contributed by atoms with van der Waals surface area (Å²) in [5, 5.41) is 3.99. The van der Waals surface area contributed by atoms with Gasteiger partial charge in [-0.3, -0.25) is 4.57 Å². The summed E-state index contributed by atoms with van der Waals surface area (Å²) < 4.78 is 15.9. The van der Waals surface area contributed by atoms with E-state index in [1.807, 2.05) is 21.4 Å². The van der Waals surface area contributed by atoms with Crippen LogP contribution in [0.3, 0.4) is 0 Å². The van der Waals surface area contributed by atoms with E-state index in [-0.39, 0.29) is 11.7 Å². The van der Waals surface area contributed by atoms with Crippen molar-refractivity contribution >= 4 is 49.9 Å². The molecule has 1 aromatic carbocycles. The third-order valence-corrected chi connectivity index (χ3v) is 4.17. The average molecular weight is 346 g/mol. The number of aromatic nitrogens is 2. The quantitative estimate of drug-likeness (QED) is 0.614. The van der Waals surface area contributed by atoms with Crippen LogP contribution >= 0.6 is 38.9 Å². The Balaban J connectivity index is 2.37. The van der Waals surface area contributed by atoms with Gasteiger partial charge in [0.25, 0.3) is 0 Å². The summed E-state index contributed by atoms with van der Waals surface area (Å²) in [5.41, 5.74) is 2.45. The third-order valence-electron chi connectivity index (χ3n) is 2.65. The SMILES string of the molecule is Fc1cc2nc(CCl)n(-c3ccsc3)c2cc1Br. The summed E-state index contributed by atoms with van der Waals surface area (Å²) >= 11 is 10.7. The van der Waals surface area contributed by atoms with Crippen molar-refractivity contribution in [1.29, 1.82) is 0 Å². The summed E-state index contributed by atoms with van der Waals surface area (Å²) in [6.45, 7) is 0. The van der Waals surface area contributed by atoms with Crippen molar-refractivity contribution in [3.05, 3.63) is 45.1 Å². The molecular formula is C12H7BrClFN2S. The maximum atomic E-state index is 13.5. The van der Waals surface area contributed by atoms with Crippen LogP contribution in [-0.4, -0.2) is 9.55 Å². The molecule has 0 aliphatic rings. The van der Waals surface area contributed by atoms with E-state index in [2.05, 4.69) is 20.9 Å². The van der Waals surface area contributed by atoms with Crippen LogP contribution in [0.5, 0.6) is 0 Å². The van der Waals surface area contributed by atoms with Gasteiger partial charge in [0.2, 0.25) is 0 Å². The Bertz CT molecular complexity index is 709. The van der Waals surface area contributed by atoms with E-state index < -0.39 is 0 Å². The van der Waals surface area contributed by atoms with Crippen molar-refractivity contribution in [3.8, 4) is 5.69 Å². The maximum Gasteiger partial charge on any atom is 0.139 e. The van der Waals surface area contributed by atoms with Crippen LogP contribution in [0.25, 0.3) is 16.7 Å². The van der Waals surface area contributed by atoms with Crippen LogP contribution in [0.15, 0.2) is 33.4 Å². The Morgan fingerprint density at radius 3 is 2.94 bits per heavy atom. The fourth-order valence-corrected chi connectivity index (χ4v) is 3.02. The molecule has 2 nitrogen and oxygen atoms in total. The van der Waals surface area contributed by atoms with Crippen LogP contribution in [0.2, 0.25) is 0 Å². The van der Waals surface area contributed by atoms with Gasteiger partial charge in [-0.25, -0.2) is 9.37 Å². The Labute approximate surface area is 120 Å². The van der Waals surface area contributed by atoms with Gasteiger partial charge in [0.1, 0.15) is 11.6 Å². The lowest BCUT2D eigenvalue weighted by atomic mass is 10.3. The van der Waals surface area contributed by atoms with E-state index in [1.54, 1.807) is 17.4 Å². The zero-order valence-corrected chi connectivity index (χ0v) is 12.2. The molecule has 0 radical (unpaired) electrons. The van der Waals surface area contributed by atoms with Gasteiger partial charge < -0.3 is 0 Å². The normalized spacial score (nSPS) is 11.3. The summed E-state index contributed by atoms with van der Waals surface area (Å²) in [7, 11) is 0. The Morgan fingerprint density at radius 1 is 1.44 bits per heavy atom. The molecule has 3 rings (SSSR count). The maximum absolute atomic E-state index is 13.5. The van der Waals surface area contributed by atoms with Crippen molar-refractivity contribution in [2.75, 3.05) is 0 Å². The van der Waals surface area contributed by atoms with Gasteiger partial charge in [-0.15, -0.1) is 11.6 Å². The number of alkyl halides is 1. The number of benzene rings is 1. The molecule has 0 aliphatic carbocycles. The largest absolute Gasteiger partial charge is 0.294 e. The van der Waals surface area contributed by atoms with Gasteiger partial charge in [0.15, 0.2) is 0 Å². The van der Waals surface area contributed by atoms with E-state index in [4.69, 9.17) is 11.6 Å². The number of rotatable bonds is 2. The van der Waals surface area contributed by atoms with E-state index in [9.17, 15) is 4.39 Å². The number of thiophene rings is 1. The zero-order valence-electron chi connectivity index (χ0n) is 9.03. The monoisotopic (exact) mass is 344 g/mol. The second-order valence-corrected chi connectivity index (χ2v) is 5.64. The van der Waals surface area contributed by atoms with Crippen LogP contribution in [-0.2, 0) is 5.88 Å². The predicted octanol–water partition coefficient (Wildman–Crippen LogP) is 4.73. The Morgan fingerprint density at radius 2 is 2.28 bits per heavy atom. The first kappa shape index (κ1) is 12.1. The first-order valence-corrected chi connectivity index (χ1v) is 7.42. The molecule has 0 N–H and O–H groups in total. The minimum Gasteiger partial charge on any atom is -0.294 e. The molecule has 0 bridgehead atoms. The van der Waals surface area contributed by atoms with E-state index in [1.165, 1.54) is 6.07 Å². The van der Waals surface area contributed by atoms with Crippen molar-refractivity contribution < 1.29 is 4.39 Å². The third kappa shape index (κ3) is 1.86. The number of fused-ring (bicyclic) bond motifs is 1. The molecule has 0 unspecified atom stereocenters. The van der Waals surface area contributed by atoms with Gasteiger partial charge in [0.05, 0.1) is 27.1 Å². The first-order valence-electron chi connectivity index (χ1n) is 5.15. The highest BCUT2D eigenvalue weighted by Crippen LogP contribution is 2.28. The minimum atomic E-state index is -0.321. The van der Waals surface area contributed by atoms with Crippen molar-refractivity contribution in [2.24, 2.45) is 0 Å². The molecule has 2 heterocycles. The molecule has 0 spiro atoms. The number of hydrogen-bond acceptors (Lipinski definition) is 2. The van der Waals surface area contributed by atoms with Crippen molar-refractivity contribution in [1.82, 2.24) is 9.55 Å². The second-order valence-electron chi connectivity index (χ2n) is 3.73. The van der Waals surface area contributed by atoms with Crippen molar-refractivity contribution in [3.63, 3.8) is 0 Å². The van der Waals surface area contributed by atoms with Gasteiger partial charge in [-0.2, -0.15) is 11.3 Å². The van der Waals surface area contributed by atoms with E-state index in [0.29, 0.717) is 15.8 Å². The van der Waals surface area contributed by atoms with Crippen LogP contribution in [0.1, 0.15) is 5.82 Å². The number of hydrogen-bond donors (Lipinski definition) is 0. The summed E-state index contributed by atoms with van der Waals surface area (Å²) in [5.74, 6) is 0.671. The number of halogens is 3. The number of imidazole rings is 1. The van der Waals surface area contributed by atoms with Crippen molar-refractivity contribution in [2.45, 2.75) is 5.88 Å². The molecule has 6 heteroatoms. The zero-order chi connectivity index (χ0) is 12.7. The smallest absolute Gasteiger partial charge is 0.139 e. The van der Waals surface area contributed by atoms with E-state index >= 15 is 0 Å². The predicted molar refractivity (Wildman–Crippen MR) is 76.2 cm³/mol. The molecule has 0 fully saturated rings. The second kappa shape index (κ2) is 4.64. The molecule has 3 aromatic rings. The topological polar surface area (TPSA) is 17.8 Å². The van der Waals surface area contributed by atoms with Gasteiger partial charge >= 0.3 is 0 Å². The molecule has 0 atom stereocenters. The molecule has 18 heavy (non-hydrogen) atoms. The Hall–Kier alpha value is -0.910. The van der Waals surface area contributed by atoms with Crippen LogP contribution in [0, 0.1) is 5.82 Å². The number of nitrogens with zero attached hydrogens (tertiary/aromatic N) is 2. The standard InChI is InChI=1S/C12H7BrClFN2S/c13-8-3-11-10(4-9(8)15)16-12(5-14)17(11)7-1-2-18-6-7/h1-4,6H,5H2. The molecular weight excluding hydrogens is 339 g/mol. The molecule has 0 aliphatic heterocycles. The fourth-order valence-electron chi connectivity index (χ4n) is 1.88. The van der Waals surface area contributed by atoms with Crippen LogP contribution < -0.4 is 0 Å². The molecule has 0 saturated carbocycles. The van der Waals surface area contributed by atoms with Gasteiger partial charge in [-0.1, -0.05) is 0 Å².